The summed E-state index contributed by atoms with van der Waals surface area (Å²) in [5.41, 5.74) is 0.466. The second-order valence-electron chi connectivity index (χ2n) is 8.74. The summed E-state index contributed by atoms with van der Waals surface area (Å²) in [5.74, 6) is 0.603. The summed E-state index contributed by atoms with van der Waals surface area (Å²) in [7, 11) is -3.59. The molecule has 0 bridgehead atoms. The summed E-state index contributed by atoms with van der Waals surface area (Å²) in [4.78, 5) is 28.2. The lowest BCUT2D eigenvalue weighted by Gasteiger charge is -2.34. The smallest absolute Gasteiger partial charge is 0.247 e. The monoisotopic (exact) mass is 451 g/mol. The highest BCUT2D eigenvalue weighted by molar-refractivity contribution is 8.01. The Labute approximate surface area is 182 Å². The molecule has 2 amide bonds. The molecule has 3 aliphatic rings. The van der Waals surface area contributed by atoms with Gasteiger partial charge in [0.1, 0.15) is 0 Å². The Hall–Kier alpha value is -1.58. The maximum atomic E-state index is 13.0. The number of anilines is 1. The SMILES string of the molecule is CC1CCN(C(=O)[C@H]2Sc3ccc(S(=O)(=O)N4CCC(C)CC4)cc3NC2=O)CC1. The summed E-state index contributed by atoms with van der Waals surface area (Å²) < 4.78 is 27.5. The molecule has 0 aromatic heterocycles. The van der Waals surface area contributed by atoms with Crippen LogP contribution in [0.5, 0.6) is 0 Å². The molecule has 1 atom stereocenters. The van der Waals surface area contributed by atoms with Gasteiger partial charge in [-0.15, -0.1) is 11.8 Å². The molecule has 2 saturated heterocycles. The molecular formula is C21H29N3O4S2. The van der Waals surface area contributed by atoms with Crippen molar-refractivity contribution < 1.29 is 18.0 Å². The zero-order valence-corrected chi connectivity index (χ0v) is 19.1. The van der Waals surface area contributed by atoms with Crippen LogP contribution in [-0.4, -0.2) is 60.9 Å². The first-order valence-corrected chi connectivity index (χ1v) is 13.0. The van der Waals surface area contributed by atoms with Gasteiger partial charge in [0.15, 0.2) is 5.25 Å². The summed E-state index contributed by atoms with van der Waals surface area (Å²) >= 11 is 1.21. The summed E-state index contributed by atoms with van der Waals surface area (Å²) in [6, 6.07) is 4.81. The van der Waals surface area contributed by atoms with Gasteiger partial charge in [-0.3, -0.25) is 9.59 Å². The number of sulfonamides is 1. The number of hydrogen-bond donors (Lipinski definition) is 1. The molecule has 164 valence electrons. The lowest BCUT2D eigenvalue weighted by atomic mass is 9.99. The zero-order chi connectivity index (χ0) is 21.5. The maximum absolute atomic E-state index is 13.0. The number of nitrogens with one attached hydrogen (secondary N) is 1. The van der Waals surface area contributed by atoms with Gasteiger partial charge in [-0.25, -0.2) is 8.42 Å². The molecule has 9 heteroatoms. The van der Waals surface area contributed by atoms with Crippen molar-refractivity contribution in [2.45, 2.75) is 54.6 Å². The van der Waals surface area contributed by atoms with Crippen molar-refractivity contribution in [3.05, 3.63) is 18.2 Å². The number of carbonyl (C=O) groups is 2. The Morgan fingerprint density at radius 1 is 1.03 bits per heavy atom. The second kappa shape index (κ2) is 8.51. The maximum Gasteiger partial charge on any atom is 0.247 e. The predicted molar refractivity (Wildman–Crippen MR) is 117 cm³/mol. The van der Waals surface area contributed by atoms with Crippen LogP contribution >= 0.6 is 11.8 Å². The number of piperidine rings is 2. The number of carbonyl (C=O) groups excluding carboxylic acids is 2. The van der Waals surface area contributed by atoms with E-state index in [4.69, 9.17) is 0 Å². The van der Waals surface area contributed by atoms with Crippen LogP contribution in [0.15, 0.2) is 28.0 Å². The molecule has 4 rings (SSSR count). The lowest BCUT2D eigenvalue weighted by Crippen LogP contribution is -2.47. The Morgan fingerprint density at radius 2 is 1.63 bits per heavy atom. The van der Waals surface area contributed by atoms with Gasteiger partial charge in [-0.1, -0.05) is 13.8 Å². The van der Waals surface area contributed by atoms with Gasteiger partial charge >= 0.3 is 0 Å². The van der Waals surface area contributed by atoms with Crippen LogP contribution < -0.4 is 5.32 Å². The van der Waals surface area contributed by atoms with E-state index in [1.807, 2.05) is 0 Å². The number of fused-ring (bicyclic) bond motifs is 1. The fourth-order valence-corrected chi connectivity index (χ4v) is 6.73. The minimum Gasteiger partial charge on any atom is -0.341 e. The van der Waals surface area contributed by atoms with Crippen LogP contribution in [0.2, 0.25) is 0 Å². The second-order valence-corrected chi connectivity index (χ2v) is 11.8. The van der Waals surface area contributed by atoms with Crippen molar-refractivity contribution >= 4 is 39.3 Å². The number of benzene rings is 1. The number of nitrogens with zero attached hydrogens (tertiary/aromatic N) is 2. The molecular weight excluding hydrogens is 422 g/mol. The van der Waals surface area contributed by atoms with Crippen LogP contribution in [0.25, 0.3) is 0 Å². The third-order valence-corrected chi connectivity index (χ3v) is 9.55. The first kappa shape index (κ1) is 21.6. The first-order valence-electron chi connectivity index (χ1n) is 10.7. The number of rotatable bonds is 3. The van der Waals surface area contributed by atoms with Crippen LogP contribution in [0.1, 0.15) is 39.5 Å². The average Bonchev–Trinajstić information content (AvgIpc) is 2.73. The van der Waals surface area contributed by atoms with E-state index in [9.17, 15) is 18.0 Å². The highest BCUT2D eigenvalue weighted by Crippen LogP contribution is 2.38. The van der Waals surface area contributed by atoms with E-state index in [0.29, 0.717) is 43.7 Å². The summed E-state index contributed by atoms with van der Waals surface area (Å²) in [6.07, 6.45) is 3.63. The average molecular weight is 452 g/mol. The standard InChI is InChI=1S/C21H29N3O4S2/c1-14-5-9-23(10-6-14)21(26)19-20(25)22-17-13-16(3-4-18(17)29-19)30(27,28)24-11-7-15(2)8-12-24/h3-4,13-15,19H,5-12H2,1-2H3,(H,22,25)/t19-/m0/s1. The fourth-order valence-electron chi connectivity index (χ4n) is 4.18. The zero-order valence-electron chi connectivity index (χ0n) is 17.5. The van der Waals surface area contributed by atoms with Gasteiger partial charge in [0, 0.05) is 31.1 Å². The van der Waals surface area contributed by atoms with Gasteiger partial charge in [0.2, 0.25) is 21.8 Å². The quantitative estimate of drug-likeness (QED) is 0.714. The van der Waals surface area contributed by atoms with E-state index in [2.05, 4.69) is 19.2 Å². The number of likely N-dealkylation sites (tertiary alicyclic amines) is 1. The van der Waals surface area contributed by atoms with E-state index in [1.54, 1.807) is 17.0 Å². The topological polar surface area (TPSA) is 86.8 Å². The van der Waals surface area contributed by atoms with E-state index >= 15 is 0 Å². The van der Waals surface area contributed by atoms with Gasteiger partial charge in [0.25, 0.3) is 0 Å². The van der Waals surface area contributed by atoms with Crippen molar-refractivity contribution in [2.75, 3.05) is 31.5 Å². The fraction of sp³-hybridized carbons (Fsp3) is 0.619. The molecule has 1 N–H and O–H groups in total. The lowest BCUT2D eigenvalue weighted by molar-refractivity contribution is -0.135. The van der Waals surface area contributed by atoms with Gasteiger partial charge < -0.3 is 10.2 Å². The molecule has 7 nitrogen and oxygen atoms in total. The molecule has 3 heterocycles. The summed E-state index contributed by atoms with van der Waals surface area (Å²) in [6.45, 7) is 6.72. The van der Waals surface area contributed by atoms with Gasteiger partial charge in [-0.05, 0) is 55.7 Å². The molecule has 1 aromatic carbocycles. The molecule has 0 radical (unpaired) electrons. The van der Waals surface area contributed by atoms with Crippen molar-refractivity contribution in [1.82, 2.24) is 9.21 Å². The normalized spacial score (nSPS) is 24.4. The Balaban J connectivity index is 1.50. The van der Waals surface area contributed by atoms with Crippen LogP contribution in [0, 0.1) is 11.8 Å². The van der Waals surface area contributed by atoms with E-state index in [0.717, 1.165) is 30.6 Å². The summed E-state index contributed by atoms with van der Waals surface area (Å²) in [5, 5.41) is 1.95. The molecule has 0 unspecified atom stereocenters. The molecule has 2 fully saturated rings. The van der Waals surface area contributed by atoms with Crippen molar-refractivity contribution in [3.8, 4) is 0 Å². The van der Waals surface area contributed by atoms with Crippen LogP contribution in [0.3, 0.4) is 0 Å². The highest BCUT2D eigenvalue weighted by Gasteiger charge is 2.37. The first-order chi connectivity index (χ1) is 14.3. The van der Waals surface area contributed by atoms with Gasteiger partial charge in [0.05, 0.1) is 10.6 Å². The van der Waals surface area contributed by atoms with Gasteiger partial charge in [-0.2, -0.15) is 4.31 Å². The largest absolute Gasteiger partial charge is 0.341 e. The molecule has 1 aromatic rings. The highest BCUT2D eigenvalue weighted by atomic mass is 32.2. The van der Waals surface area contributed by atoms with E-state index in [1.165, 1.54) is 22.1 Å². The minimum absolute atomic E-state index is 0.158. The van der Waals surface area contributed by atoms with Crippen molar-refractivity contribution in [3.63, 3.8) is 0 Å². The third-order valence-electron chi connectivity index (χ3n) is 6.39. The number of thioether (sulfide) groups is 1. The minimum atomic E-state index is -3.59. The predicted octanol–water partition coefficient (Wildman–Crippen LogP) is 2.78. The Morgan fingerprint density at radius 3 is 2.27 bits per heavy atom. The Kier molecular flexibility index (Phi) is 6.14. The molecule has 3 aliphatic heterocycles. The van der Waals surface area contributed by atoms with Crippen LogP contribution in [-0.2, 0) is 19.6 Å². The molecule has 0 saturated carbocycles. The molecule has 0 aliphatic carbocycles. The van der Waals surface area contributed by atoms with E-state index < -0.39 is 15.3 Å². The van der Waals surface area contributed by atoms with E-state index in [-0.39, 0.29) is 16.7 Å². The van der Waals surface area contributed by atoms with Crippen molar-refractivity contribution in [1.29, 1.82) is 0 Å². The van der Waals surface area contributed by atoms with Crippen LogP contribution in [0.4, 0.5) is 5.69 Å². The Bertz CT molecular complexity index is 934. The molecule has 30 heavy (non-hydrogen) atoms. The van der Waals surface area contributed by atoms with Crippen molar-refractivity contribution in [2.24, 2.45) is 11.8 Å². The number of hydrogen-bond acceptors (Lipinski definition) is 5. The third kappa shape index (κ3) is 4.24. The number of amides is 2. The molecule has 0 spiro atoms.